The van der Waals surface area contributed by atoms with E-state index in [-0.39, 0.29) is 24.0 Å². The summed E-state index contributed by atoms with van der Waals surface area (Å²) in [6, 6.07) is 0. The lowest BCUT2D eigenvalue weighted by Crippen LogP contribution is -2.46. The zero-order valence-corrected chi connectivity index (χ0v) is 11.0. The minimum Gasteiger partial charge on any atom is -0.354 e. The topological polar surface area (TPSA) is 83.6 Å². The summed E-state index contributed by atoms with van der Waals surface area (Å²) < 4.78 is 23.8. The van der Waals surface area contributed by atoms with Crippen LogP contribution >= 0.6 is 0 Å². The van der Waals surface area contributed by atoms with Gasteiger partial charge in [0, 0.05) is 26.1 Å². The largest absolute Gasteiger partial charge is 0.354 e. The number of carbonyl (C=O) groups excluding carboxylic acids is 2. The Labute approximate surface area is 107 Å². The van der Waals surface area contributed by atoms with E-state index in [1.54, 1.807) is 0 Å². The average molecular weight is 274 g/mol. The number of sulfone groups is 1. The second-order valence-corrected chi connectivity index (χ2v) is 7.08. The Morgan fingerprint density at radius 3 is 2.78 bits per heavy atom. The van der Waals surface area contributed by atoms with Crippen molar-refractivity contribution in [2.75, 3.05) is 25.4 Å². The molecule has 0 aromatic carbocycles. The van der Waals surface area contributed by atoms with E-state index in [1.165, 1.54) is 4.90 Å². The number of amides is 2. The third kappa shape index (κ3) is 2.82. The first-order valence-corrected chi connectivity index (χ1v) is 7.99. The highest BCUT2D eigenvalue weighted by molar-refractivity contribution is 7.92. The fraction of sp³-hybridized carbons (Fsp3) is 0.818. The van der Waals surface area contributed by atoms with Crippen LogP contribution in [0.1, 0.15) is 25.7 Å². The van der Waals surface area contributed by atoms with E-state index in [0.717, 1.165) is 6.42 Å². The summed E-state index contributed by atoms with van der Waals surface area (Å²) in [6.07, 6.45) is 2.09. The number of hydrogen-bond acceptors (Lipinski definition) is 4. The molecule has 0 aromatic rings. The smallest absolute Gasteiger partial charge is 0.240 e. The molecule has 0 spiro atoms. The molecule has 2 aliphatic heterocycles. The number of carbonyl (C=O) groups is 2. The Bertz CT molecular complexity index is 446. The van der Waals surface area contributed by atoms with Crippen LogP contribution in [0.15, 0.2) is 0 Å². The SMILES string of the molecule is O=C1CCN(C(=O)C2CCCCS2(=O)=O)CCN1. The van der Waals surface area contributed by atoms with Gasteiger partial charge < -0.3 is 10.2 Å². The van der Waals surface area contributed by atoms with Crippen LogP contribution in [0, 0.1) is 0 Å². The molecule has 2 heterocycles. The van der Waals surface area contributed by atoms with Gasteiger partial charge in [0.1, 0.15) is 5.25 Å². The zero-order chi connectivity index (χ0) is 13.2. The summed E-state index contributed by atoms with van der Waals surface area (Å²) in [5.41, 5.74) is 0. The molecule has 0 radical (unpaired) electrons. The molecule has 0 saturated carbocycles. The van der Waals surface area contributed by atoms with E-state index >= 15 is 0 Å². The third-order valence-corrected chi connectivity index (χ3v) is 5.64. The van der Waals surface area contributed by atoms with Crippen molar-refractivity contribution in [1.29, 1.82) is 0 Å². The molecule has 102 valence electrons. The quantitative estimate of drug-likeness (QED) is 0.685. The summed E-state index contributed by atoms with van der Waals surface area (Å²) in [6.45, 7) is 1.12. The highest BCUT2D eigenvalue weighted by Gasteiger charge is 2.37. The Balaban J connectivity index is 2.08. The Hall–Kier alpha value is -1.11. The summed E-state index contributed by atoms with van der Waals surface area (Å²) in [5.74, 6) is -0.308. The number of nitrogens with zero attached hydrogens (tertiary/aromatic N) is 1. The molecule has 18 heavy (non-hydrogen) atoms. The number of nitrogens with one attached hydrogen (secondary N) is 1. The Morgan fingerprint density at radius 1 is 1.28 bits per heavy atom. The van der Waals surface area contributed by atoms with Gasteiger partial charge in [-0.05, 0) is 12.8 Å². The van der Waals surface area contributed by atoms with Crippen molar-refractivity contribution >= 4 is 21.7 Å². The maximum atomic E-state index is 12.2. The molecule has 2 aliphatic rings. The second kappa shape index (κ2) is 5.26. The van der Waals surface area contributed by atoms with Crippen molar-refractivity contribution in [3.8, 4) is 0 Å². The van der Waals surface area contributed by atoms with Gasteiger partial charge in [0.05, 0.1) is 5.75 Å². The van der Waals surface area contributed by atoms with E-state index in [2.05, 4.69) is 5.32 Å². The molecule has 0 aliphatic carbocycles. The van der Waals surface area contributed by atoms with Gasteiger partial charge in [-0.25, -0.2) is 8.42 Å². The van der Waals surface area contributed by atoms with Gasteiger partial charge in [0.25, 0.3) is 0 Å². The third-order valence-electron chi connectivity index (χ3n) is 3.48. The number of hydrogen-bond donors (Lipinski definition) is 1. The van der Waals surface area contributed by atoms with Gasteiger partial charge >= 0.3 is 0 Å². The highest BCUT2D eigenvalue weighted by atomic mass is 32.2. The first-order valence-electron chi connectivity index (χ1n) is 6.28. The highest BCUT2D eigenvalue weighted by Crippen LogP contribution is 2.21. The van der Waals surface area contributed by atoms with Gasteiger partial charge in [0.15, 0.2) is 9.84 Å². The molecule has 7 heteroatoms. The van der Waals surface area contributed by atoms with Gasteiger partial charge in [0.2, 0.25) is 11.8 Å². The second-order valence-electron chi connectivity index (χ2n) is 4.78. The standard InChI is InChI=1S/C11H18N2O4S/c14-10-4-6-13(7-5-12-10)11(15)9-3-1-2-8-18(9,16)17/h9H,1-8H2,(H,12,14). The zero-order valence-electron chi connectivity index (χ0n) is 10.2. The average Bonchev–Trinajstić information content (AvgIpc) is 2.53. The summed E-state index contributed by atoms with van der Waals surface area (Å²) >= 11 is 0. The van der Waals surface area contributed by atoms with Crippen LogP contribution in [-0.4, -0.2) is 55.8 Å². The maximum Gasteiger partial charge on any atom is 0.240 e. The molecular weight excluding hydrogens is 256 g/mol. The molecular formula is C11H18N2O4S. The molecule has 2 rings (SSSR count). The monoisotopic (exact) mass is 274 g/mol. The molecule has 0 bridgehead atoms. The van der Waals surface area contributed by atoms with Crippen molar-refractivity contribution in [1.82, 2.24) is 10.2 Å². The molecule has 6 nitrogen and oxygen atoms in total. The Kier molecular flexibility index (Phi) is 3.89. The summed E-state index contributed by atoms with van der Waals surface area (Å²) in [4.78, 5) is 24.9. The minimum absolute atomic E-state index is 0.0863. The van der Waals surface area contributed by atoms with Crippen molar-refractivity contribution in [3.63, 3.8) is 0 Å². The van der Waals surface area contributed by atoms with E-state index in [9.17, 15) is 18.0 Å². The molecule has 2 amide bonds. The predicted octanol–water partition coefficient (Wildman–Crippen LogP) is -0.698. The van der Waals surface area contributed by atoms with Gasteiger partial charge in [-0.2, -0.15) is 0 Å². The van der Waals surface area contributed by atoms with Crippen molar-refractivity contribution in [2.45, 2.75) is 30.9 Å². The molecule has 1 unspecified atom stereocenters. The van der Waals surface area contributed by atoms with Crippen molar-refractivity contribution in [3.05, 3.63) is 0 Å². The van der Waals surface area contributed by atoms with E-state index < -0.39 is 15.1 Å². The van der Waals surface area contributed by atoms with E-state index in [1.807, 2.05) is 0 Å². The van der Waals surface area contributed by atoms with E-state index in [4.69, 9.17) is 0 Å². The fourth-order valence-electron chi connectivity index (χ4n) is 2.42. The van der Waals surface area contributed by atoms with Crippen LogP contribution in [0.5, 0.6) is 0 Å². The van der Waals surface area contributed by atoms with Crippen LogP contribution in [0.25, 0.3) is 0 Å². The molecule has 1 atom stereocenters. The van der Waals surface area contributed by atoms with Gasteiger partial charge in [-0.1, -0.05) is 6.42 Å². The summed E-state index contributed by atoms with van der Waals surface area (Å²) in [5, 5.41) is 1.78. The first-order chi connectivity index (χ1) is 8.50. The normalized spacial score (nSPS) is 28.3. The van der Waals surface area contributed by atoms with Crippen LogP contribution < -0.4 is 5.32 Å². The molecule has 2 fully saturated rings. The van der Waals surface area contributed by atoms with Crippen LogP contribution in [-0.2, 0) is 19.4 Å². The molecule has 1 N–H and O–H groups in total. The first kappa shape index (κ1) is 13.3. The number of rotatable bonds is 1. The lowest BCUT2D eigenvalue weighted by molar-refractivity contribution is -0.130. The van der Waals surface area contributed by atoms with E-state index in [0.29, 0.717) is 32.5 Å². The minimum atomic E-state index is -3.29. The lowest BCUT2D eigenvalue weighted by atomic mass is 10.1. The van der Waals surface area contributed by atoms with Crippen molar-refractivity contribution in [2.24, 2.45) is 0 Å². The molecule has 2 saturated heterocycles. The summed E-state index contributed by atoms with van der Waals surface area (Å²) in [7, 11) is -3.29. The lowest BCUT2D eigenvalue weighted by Gasteiger charge is -2.27. The van der Waals surface area contributed by atoms with Crippen molar-refractivity contribution < 1.29 is 18.0 Å². The fourth-order valence-corrected chi connectivity index (χ4v) is 4.30. The van der Waals surface area contributed by atoms with Crippen LogP contribution in [0.3, 0.4) is 0 Å². The Morgan fingerprint density at radius 2 is 2.06 bits per heavy atom. The van der Waals surface area contributed by atoms with Crippen LogP contribution in [0.2, 0.25) is 0 Å². The van der Waals surface area contributed by atoms with Gasteiger partial charge in [-0.15, -0.1) is 0 Å². The van der Waals surface area contributed by atoms with Gasteiger partial charge in [-0.3, -0.25) is 9.59 Å². The molecule has 0 aromatic heterocycles. The van der Waals surface area contributed by atoms with Crippen LogP contribution in [0.4, 0.5) is 0 Å². The maximum absolute atomic E-state index is 12.2. The predicted molar refractivity (Wildman–Crippen MR) is 65.6 cm³/mol.